The van der Waals surface area contributed by atoms with Crippen molar-refractivity contribution in [3.8, 4) is 5.75 Å². The van der Waals surface area contributed by atoms with Gasteiger partial charge in [-0.25, -0.2) is 4.98 Å². The molecular formula is C17H15N5O2S. The summed E-state index contributed by atoms with van der Waals surface area (Å²) in [6.07, 6.45) is 1.98. The van der Waals surface area contributed by atoms with Crippen molar-refractivity contribution < 1.29 is 9.90 Å². The molecule has 1 aliphatic heterocycles. The molecule has 8 heteroatoms. The van der Waals surface area contributed by atoms with Gasteiger partial charge in [-0.05, 0) is 35.8 Å². The van der Waals surface area contributed by atoms with Crippen LogP contribution in [0.1, 0.15) is 25.8 Å². The van der Waals surface area contributed by atoms with Crippen LogP contribution < -0.4 is 5.32 Å². The molecule has 3 heterocycles. The van der Waals surface area contributed by atoms with E-state index in [1.165, 1.54) is 11.5 Å². The first-order chi connectivity index (χ1) is 12.0. The van der Waals surface area contributed by atoms with E-state index in [4.69, 9.17) is 0 Å². The Bertz CT molecular complexity index is 1030. The largest absolute Gasteiger partial charge is 0.508 e. The molecule has 1 aliphatic rings. The van der Waals surface area contributed by atoms with Gasteiger partial charge < -0.3 is 10.4 Å². The Morgan fingerprint density at radius 2 is 2.12 bits per heavy atom. The molecule has 0 aliphatic carbocycles. The number of azo groups is 1. The van der Waals surface area contributed by atoms with Crippen LogP contribution in [-0.4, -0.2) is 20.4 Å². The minimum Gasteiger partial charge on any atom is -0.508 e. The van der Waals surface area contributed by atoms with E-state index in [0.717, 1.165) is 5.39 Å². The maximum Gasteiger partial charge on any atom is 0.225 e. The van der Waals surface area contributed by atoms with Crippen molar-refractivity contribution in [2.45, 2.75) is 25.7 Å². The van der Waals surface area contributed by atoms with Crippen LogP contribution in [0.3, 0.4) is 0 Å². The van der Waals surface area contributed by atoms with Gasteiger partial charge in [0.25, 0.3) is 0 Å². The lowest BCUT2D eigenvalue weighted by molar-refractivity contribution is -0.117. The summed E-state index contributed by atoms with van der Waals surface area (Å²) in [5.41, 5.74) is 1.84. The van der Waals surface area contributed by atoms with Gasteiger partial charge in [0.1, 0.15) is 11.4 Å². The Morgan fingerprint density at radius 3 is 2.96 bits per heavy atom. The molecule has 1 aromatic carbocycles. The number of carbonyl (C=O) groups is 1. The monoisotopic (exact) mass is 353 g/mol. The van der Waals surface area contributed by atoms with Gasteiger partial charge in [0.05, 0.1) is 11.1 Å². The number of phenolic OH excluding ortho intramolecular Hbond substituents is 1. The van der Waals surface area contributed by atoms with E-state index in [9.17, 15) is 9.90 Å². The number of hydrogen-bond donors (Lipinski definition) is 2. The summed E-state index contributed by atoms with van der Waals surface area (Å²) < 4.78 is 4.23. The first-order valence-corrected chi connectivity index (χ1v) is 8.51. The molecule has 0 fully saturated rings. The van der Waals surface area contributed by atoms with Crippen molar-refractivity contribution in [3.05, 3.63) is 36.0 Å². The quantitative estimate of drug-likeness (QED) is 0.665. The fourth-order valence-electron chi connectivity index (χ4n) is 3.09. The van der Waals surface area contributed by atoms with E-state index in [1.54, 1.807) is 18.3 Å². The molecule has 7 nitrogen and oxygen atoms in total. The highest BCUT2D eigenvalue weighted by Crippen LogP contribution is 2.47. The van der Waals surface area contributed by atoms with Gasteiger partial charge in [-0.3, -0.25) is 4.79 Å². The van der Waals surface area contributed by atoms with Crippen LogP contribution in [0.5, 0.6) is 5.75 Å². The number of nitrogens with one attached hydrogen (secondary N) is 1. The van der Waals surface area contributed by atoms with E-state index >= 15 is 0 Å². The number of phenols is 1. The van der Waals surface area contributed by atoms with Crippen molar-refractivity contribution in [2.24, 2.45) is 10.2 Å². The number of pyridine rings is 1. The predicted octanol–water partition coefficient (Wildman–Crippen LogP) is 4.43. The van der Waals surface area contributed by atoms with Crippen molar-refractivity contribution in [1.82, 2.24) is 9.36 Å². The molecule has 0 saturated heterocycles. The molecule has 0 atom stereocenters. The van der Waals surface area contributed by atoms with Crippen LogP contribution in [0.15, 0.2) is 40.7 Å². The van der Waals surface area contributed by atoms with E-state index < -0.39 is 5.41 Å². The predicted molar refractivity (Wildman–Crippen MR) is 96.0 cm³/mol. The lowest BCUT2D eigenvalue weighted by Gasteiger charge is -2.33. The Labute approximate surface area is 147 Å². The number of aromatic nitrogens is 2. The Morgan fingerprint density at radius 1 is 1.28 bits per heavy atom. The number of nitrogens with zero attached hydrogens (tertiary/aromatic N) is 4. The van der Waals surface area contributed by atoms with Crippen LogP contribution in [0.2, 0.25) is 0 Å². The first-order valence-electron chi connectivity index (χ1n) is 7.74. The SMILES string of the molecule is CC1(C)CC(=O)Nc2c(N=Nc3snc4ncccc34)ccc(O)c21. The maximum atomic E-state index is 12.0. The maximum absolute atomic E-state index is 12.0. The molecule has 3 aromatic rings. The Hall–Kier alpha value is -2.87. The minimum atomic E-state index is -0.478. The van der Waals surface area contributed by atoms with Crippen LogP contribution in [-0.2, 0) is 10.2 Å². The number of fused-ring (bicyclic) bond motifs is 2. The summed E-state index contributed by atoms with van der Waals surface area (Å²) in [6.45, 7) is 3.85. The summed E-state index contributed by atoms with van der Waals surface area (Å²) in [7, 11) is 0. The molecule has 0 unspecified atom stereocenters. The second-order valence-corrected chi connectivity index (χ2v) is 7.28. The molecule has 0 bridgehead atoms. The summed E-state index contributed by atoms with van der Waals surface area (Å²) in [5, 5.41) is 23.1. The van der Waals surface area contributed by atoms with Crippen LogP contribution in [0.4, 0.5) is 16.4 Å². The molecule has 2 aromatic heterocycles. The molecular weight excluding hydrogens is 338 g/mol. The second kappa shape index (κ2) is 5.59. The van der Waals surface area contributed by atoms with Crippen molar-refractivity contribution in [3.63, 3.8) is 0 Å². The summed E-state index contributed by atoms with van der Waals surface area (Å²) in [6, 6.07) is 6.93. The summed E-state index contributed by atoms with van der Waals surface area (Å²) in [4.78, 5) is 16.2. The lowest BCUT2D eigenvalue weighted by Crippen LogP contribution is -2.32. The van der Waals surface area contributed by atoms with Crippen LogP contribution >= 0.6 is 11.5 Å². The fourth-order valence-corrected chi connectivity index (χ4v) is 3.75. The van der Waals surface area contributed by atoms with Crippen molar-refractivity contribution in [1.29, 1.82) is 0 Å². The highest BCUT2D eigenvalue weighted by Gasteiger charge is 2.36. The summed E-state index contributed by atoms with van der Waals surface area (Å²) >= 11 is 1.21. The average molecular weight is 353 g/mol. The normalized spacial score (nSPS) is 16.2. The van der Waals surface area contributed by atoms with Gasteiger partial charge >= 0.3 is 0 Å². The third-order valence-electron chi connectivity index (χ3n) is 4.19. The lowest BCUT2D eigenvalue weighted by atomic mass is 9.77. The van der Waals surface area contributed by atoms with Crippen LogP contribution in [0, 0.1) is 0 Å². The van der Waals surface area contributed by atoms with E-state index in [1.807, 2.05) is 26.0 Å². The van der Waals surface area contributed by atoms with Gasteiger partial charge in [-0.15, -0.1) is 10.2 Å². The summed E-state index contributed by atoms with van der Waals surface area (Å²) in [5.74, 6) is 0.0402. The molecule has 126 valence electrons. The number of aromatic hydroxyl groups is 1. The van der Waals surface area contributed by atoms with E-state index in [2.05, 4.69) is 24.9 Å². The molecule has 4 rings (SSSR count). The molecule has 0 radical (unpaired) electrons. The molecule has 2 N–H and O–H groups in total. The number of carbonyl (C=O) groups excluding carboxylic acids is 1. The molecule has 25 heavy (non-hydrogen) atoms. The van der Waals surface area contributed by atoms with Gasteiger partial charge in [-0.1, -0.05) is 13.8 Å². The van der Waals surface area contributed by atoms with E-state index in [0.29, 0.717) is 34.0 Å². The number of anilines is 1. The van der Waals surface area contributed by atoms with E-state index in [-0.39, 0.29) is 11.7 Å². The minimum absolute atomic E-state index is 0.105. The van der Waals surface area contributed by atoms with Gasteiger partial charge in [0, 0.05) is 23.6 Å². The number of hydrogen-bond acceptors (Lipinski definition) is 7. The fraction of sp³-hybridized carbons (Fsp3) is 0.235. The third kappa shape index (κ3) is 2.64. The smallest absolute Gasteiger partial charge is 0.225 e. The van der Waals surface area contributed by atoms with Gasteiger partial charge in [-0.2, -0.15) is 4.37 Å². The van der Waals surface area contributed by atoms with Crippen LogP contribution in [0.25, 0.3) is 11.0 Å². The zero-order valence-electron chi connectivity index (χ0n) is 13.6. The molecule has 1 amide bonds. The van der Waals surface area contributed by atoms with Gasteiger partial charge in [0.15, 0.2) is 10.6 Å². The van der Waals surface area contributed by atoms with Crippen molar-refractivity contribution in [2.75, 3.05) is 5.32 Å². The average Bonchev–Trinajstić information content (AvgIpc) is 2.96. The van der Waals surface area contributed by atoms with Gasteiger partial charge in [0.2, 0.25) is 5.91 Å². The molecule has 0 saturated carbocycles. The topological polar surface area (TPSA) is 99.8 Å². The highest BCUT2D eigenvalue weighted by molar-refractivity contribution is 7.11. The zero-order valence-corrected chi connectivity index (χ0v) is 14.5. The standard InChI is InChI=1S/C17H15N5O2S/c1-17(2)8-12(24)19-14-10(5-6-11(23)13(14)17)20-21-16-9-4-3-7-18-15(9)22-25-16/h3-7,23H,8H2,1-2H3,(H,19,24). The first kappa shape index (κ1) is 15.6. The number of amides is 1. The zero-order chi connectivity index (χ0) is 17.6. The van der Waals surface area contributed by atoms with Crippen molar-refractivity contribution >= 4 is 44.8 Å². The second-order valence-electron chi connectivity index (χ2n) is 6.52. The third-order valence-corrected chi connectivity index (χ3v) is 4.93. The number of benzene rings is 1. The highest BCUT2D eigenvalue weighted by atomic mass is 32.1. The Balaban J connectivity index is 1.81. The molecule has 0 spiro atoms. The Kier molecular flexibility index (Phi) is 3.50. The number of rotatable bonds is 2.